The van der Waals surface area contributed by atoms with Crippen LogP contribution < -0.4 is 10.6 Å². The van der Waals surface area contributed by atoms with Crippen LogP contribution in [-0.4, -0.2) is 18.0 Å². The molecule has 1 amide bonds. The lowest BCUT2D eigenvalue weighted by molar-refractivity contribution is -0.117. The van der Waals surface area contributed by atoms with Crippen LogP contribution in [0.25, 0.3) is 0 Å². The molecule has 4 heteroatoms. The smallest absolute Gasteiger partial charge is 0.224 e. The lowest BCUT2D eigenvalue weighted by Gasteiger charge is -2.28. The molecule has 19 heavy (non-hydrogen) atoms. The van der Waals surface area contributed by atoms with Gasteiger partial charge in [-0.3, -0.25) is 4.79 Å². The Labute approximate surface area is 127 Å². The van der Waals surface area contributed by atoms with Crippen LogP contribution in [0, 0.1) is 9.49 Å². The molecule has 2 aliphatic rings. The fourth-order valence-electron chi connectivity index (χ4n) is 3.38. The van der Waals surface area contributed by atoms with Crippen molar-refractivity contribution in [2.75, 3.05) is 5.32 Å². The molecule has 0 aromatic heterocycles. The Balaban J connectivity index is 1.54. The quantitative estimate of drug-likeness (QED) is 0.803. The van der Waals surface area contributed by atoms with Gasteiger partial charge >= 0.3 is 0 Å². The average molecular weight is 370 g/mol. The first-order valence-electron chi connectivity index (χ1n) is 7.00. The summed E-state index contributed by atoms with van der Waals surface area (Å²) in [5.74, 6) is 0.717. The highest BCUT2D eigenvalue weighted by Gasteiger charge is 2.34. The van der Waals surface area contributed by atoms with Crippen molar-refractivity contribution in [2.45, 2.75) is 44.2 Å². The zero-order valence-electron chi connectivity index (χ0n) is 10.9. The molecule has 2 atom stereocenters. The van der Waals surface area contributed by atoms with Crippen molar-refractivity contribution in [1.29, 1.82) is 0 Å². The van der Waals surface area contributed by atoms with Crippen molar-refractivity contribution in [3.8, 4) is 0 Å². The minimum Gasteiger partial charge on any atom is -0.326 e. The highest BCUT2D eigenvalue weighted by molar-refractivity contribution is 14.1. The number of amides is 1. The molecule has 0 radical (unpaired) electrons. The van der Waals surface area contributed by atoms with Gasteiger partial charge in [-0.1, -0.05) is 6.07 Å². The van der Waals surface area contributed by atoms with E-state index >= 15 is 0 Å². The lowest BCUT2D eigenvalue weighted by atomic mass is 9.89. The first kappa shape index (κ1) is 13.4. The molecular weight excluding hydrogens is 351 g/mol. The van der Waals surface area contributed by atoms with Crippen molar-refractivity contribution in [3.05, 3.63) is 27.8 Å². The van der Waals surface area contributed by atoms with E-state index in [9.17, 15) is 4.79 Å². The van der Waals surface area contributed by atoms with E-state index in [1.165, 1.54) is 12.8 Å². The predicted molar refractivity (Wildman–Crippen MR) is 85.1 cm³/mol. The van der Waals surface area contributed by atoms with Crippen LogP contribution >= 0.6 is 22.6 Å². The summed E-state index contributed by atoms with van der Waals surface area (Å²) < 4.78 is 1.15. The van der Waals surface area contributed by atoms with Gasteiger partial charge in [-0.05, 0) is 72.4 Å². The van der Waals surface area contributed by atoms with Crippen LogP contribution in [0.15, 0.2) is 24.3 Å². The second-order valence-corrected chi connectivity index (χ2v) is 6.98. The van der Waals surface area contributed by atoms with E-state index in [0.29, 0.717) is 24.4 Å². The van der Waals surface area contributed by atoms with Gasteiger partial charge < -0.3 is 10.6 Å². The molecule has 2 bridgehead atoms. The lowest BCUT2D eigenvalue weighted by Crippen LogP contribution is -2.39. The highest BCUT2D eigenvalue weighted by Crippen LogP contribution is 2.32. The maximum absolute atomic E-state index is 12.1. The van der Waals surface area contributed by atoms with E-state index < -0.39 is 0 Å². The molecule has 0 spiro atoms. The van der Waals surface area contributed by atoms with Crippen LogP contribution in [0.1, 0.15) is 32.1 Å². The standard InChI is InChI=1S/C15H19IN2O/c16-11-2-1-3-12(9-11)18-15(19)8-10-6-13-4-5-14(7-10)17-13/h1-3,9-10,13-14,17H,4-8H2,(H,18,19). The molecule has 2 N–H and O–H groups in total. The van der Waals surface area contributed by atoms with E-state index in [0.717, 1.165) is 22.1 Å². The highest BCUT2D eigenvalue weighted by atomic mass is 127. The molecule has 1 aromatic carbocycles. The van der Waals surface area contributed by atoms with E-state index in [-0.39, 0.29) is 5.91 Å². The third kappa shape index (κ3) is 3.48. The van der Waals surface area contributed by atoms with Gasteiger partial charge in [0, 0.05) is 27.8 Å². The first-order valence-corrected chi connectivity index (χ1v) is 8.08. The summed E-state index contributed by atoms with van der Waals surface area (Å²) in [6, 6.07) is 9.28. The Kier molecular flexibility index (Phi) is 4.07. The molecular formula is C15H19IN2O. The summed E-state index contributed by atoms with van der Waals surface area (Å²) in [5, 5.41) is 6.63. The van der Waals surface area contributed by atoms with Crippen LogP contribution in [0.3, 0.4) is 0 Å². The number of fused-ring (bicyclic) bond motifs is 2. The summed E-state index contributed by atoms with van der Waals surface area (Å²) in [5.41, 5.74) is 0.911. The van der Waals surface area contributed by atoms with Crippen molar-refractivity contribution >= 4 is 34.2 Å². The zero-order valence-corrected chi connectivity index (χ0v) is 13.0. The van der Waals surface area contributed by atoms with Gasteiger partial charge in [0.2, 0.25) is 5.91 Å². The van der Waals surface area contributed by atoms with E-state index in [1.54, 1.807) is 0 Å². The molecule has 3 rings (SSSR count). The summed E-state index contributed by atoms with van der Waals surface area (Å²) in [6.45, 7) is 0. The number of nitrogens with one attached hydrogen (secondary N) is 2. The number of carbonyl (C=O) groups is 1. The van der Waals surface area contributed by atoms with Gasteiger partial charge in [0.25, 0.3) is 0 Å². The maximum atomic E-state index is 12.1. The number of halogens is 1. The van der Waals surface area contributed by atoms with Gasteiger partial charge in [0.05, 0.1) is 0 Å². The van der Waals surface area contributed by atoms with Crippen molar-refractivity contribution < 1.29 is 4.79 Å². The topological polar surface area (TPSA) is 41.1 Å². The SMILES string of the molecule is O=C(CC1CC2CCC(C1)N2)Nc1cccc(I)c1. The van der Waals surface area contributed by atoms with Gasteiger partial charge in [0.15, 0.2) is 0 Å². The Bertz CT molecular complexity index is 465. The molecule has 0 aliphatic carbocycles. The Hall–Kier alpha value is -0.620. The van der Waals surface area contributed by atoms with Gasteiger partial charge in [-0.2, -0.15) is 0 Å². The normalized spacial score (nSPS) is 29.2. The van der Waals surface area contributed by atoms with Crippen molar-refractivity contribution in [2.24, 2.45) is 5.92 Å². The molecule has 1 aromatic rings. The average Bonchev–Trinajstić information content (AvgIpc) is 2.68. The van der Waals surface area contributed by atoms with Gasteiger partial charge in [-0.15, -0.1) is 0 Å². The van der Waals surface area contributed by atoms with E-state index in [2.05, 4.69) is 33.2 Å². The minimum absolute atomic E-state index is 0.160. The largest absolute Gasteiger partial charge is 0.326 e. The van der Waals surface area contributed by atoms with Crippen LogP contribution in [0.2, 0.25) is 0 Å². The molecule has 2 heterocycles. The Morgan fingerprint density at radius 1 is 1.32 bits per heavy atom. The molecule has 3 nitrogen and oxygen atoms in total. The number of carbonyl (C=O) groups excluding carboxylic acids is 1. The monoisotopic (exact) mass is 370 g/mol. The van der Waals surface area contributed by atoms with Gasteiger partial charge in [0.1, 0.15) is 0 Å². The van der Waals surface area contributed by atoms with Crippen LogP contribution in [0.4, 0.5) is 5.69 Å². The molecule has 102 valence electrons. The number of rotatable bonds is 3. The summed E-state index contributed by atoms with van der Waals surface area (Å²) in [7, 11) is 0. The summed E-state index contributed by atoms with van der Waals surface area (Å²) >= 11 is 2.26. The van der Waals surface area contributed by atoms with Crippen molar-refractivity contribution in [1.82, 2.24) is 5.32 Å². The third-order valence-electron chi connectivity index (χ3n) is 4.15. The number of hydrogen-bond donors (Lipinski definition) is 2. The first-order chi connectivity index (χ1) is 9.19. The zero-order chi connectivity index (χ0) is 13.2. The van der Waals surface area contributed by atoms with E-state index in [1.807, 2.05) is 24.3 Å². The molecule has 2 unspecified atom stereocenters. The molecule has 2 fully saturated rings. The molecule has 0 saturated carbocycles. The number of anilines is 1. The molecule has 2 saturated heterocycles. The fraction of sp³-hybridized carbons (Fsp3) is 0.533. The second kappa shape index (κ2) is 5.79. The Morgan fingerprint density at radius 3 is 2.74 bits per heavy atom. The predicted octanol–water partition coefficient (Wildman–Crippen LogP) is 3.15. The minimum atomic E-state index is 0.160. The van der Waals surface area contributed by atoms with E-state index in [4.69, 9.17) is 0 Å². The number of benzene rings is 1. The van der Waals surface area contributed by atoms with Gasteiger partial charge in [-0.25, -0.2) is 0 Å². The number of piperidine rings is 1. The molecule has 2 aliphatic heterocycles. The number of hydrogen-bond acceptors (Lipinski definition) is 2. The fourth-order valence-corrected chi connectivity index (χ4v) is 3.93. The van der Waals surface area contributed by atoms with Crippen LogP contribution in [0.5, 0.6) is 0 Å². The summed E-state index contributed by atoms with van der Waals surface area (Å²) in [4.78, 5) is 12.1. The van der Waals surface area contributed by atoms with Crippen molar-refractivity contribution in [3.63, 3.8) is 0 Å². The van der Waals surface area contributed by atoms with Crippen LogP contribution in [-0.2, 0) is 4.79 Å². The third-order valence-corrected chi connectivity index (χ3v) is 4.82. The maximum Gasteiger partial charge on any atom is 0.224 e. The Morgan fingerprint density at radius 2 is 2.05 bits per heavy atom. The summed E-state index contributed by atoms with van der Waals surface area (Å²) in [6.07, 6.45) is 5.58. The second-order valence-electron chi connectivity index (χ2n) is 5.74.